The Balaban J connectivity index is 1.41. The predicted molar refractivity (Wildman–Crippen MR) is 97.3 cm³/mol. The lowest BCUT2D eigenvalue weighted by molar-refractivity contribution is 0.0934. The van der Waals surface area contributed by atoms with Gasteiger partial charge in [-0.3, -0.25) is 9.78 Å². The number of carbonyl (C=O) groups excluding carboxylic acids is 1. The zero-order valence-electron chi connectivity index (χ0n) is 14.5. The molecule has 0 saturated heterocycles. The lowest BCUT2D eigenvalue weighted by Crippen LogP contribution is -2.44. The highest BCUT2D eigenvalue weighted by molar-refractivity contribution is 5.91. The number of hydrogen-bond donors (Lipinski definition) is 2. The summed E-state index contributed by atoms with van der Waals surface area (Å²) in [4.78, 5) is 20.9. The summed E-state index contributed by atoms with van der Waals surface area (Å²) in [5, 5.41) is 10.8. The van der Waals surface area contributed by atoms with Crippen LogP contribution in [0.4, 0.5) is 0 Å². The first-order chi connectivity index (χ1) is 12.7. The maximum Gasteiger partial charge on any atom is 0.288 e. The van der Waals surface area contributed by atoms with Gasteiger partial charge in [-0.15, -0.1) is 0 Å². The molecule has 3 aromatic rings. The number of hydrogen-bond acceptors (Lipinski definition) is 5. The minimum Gasteiger partial charge on any atom is -0.348 e. The van der Waals surface area contributed by atoms with Crippen molar-refractivity contribution in [3.63, 3.8) is 0 Å². The van der Waals surface area contributed by atoms with E-state index in [2.05, 4.69) is 50.0 Å². The van der Waals surface area contributed by atoms with E-state index >= 15 is 0 Å². The molecule has 7 nitrogen and oxygen atoms in total. The summed E-state index contributed by atoms with van der Waals surface area (Å²) < 4.78 is 1.51. The number of benzene rings is 1. The van der Waals surface area contributed by atoms with Crippen LogP contribution in [0.3, 0.4) is 0 Å². The second-order valence-electron chi connectivity index (χ2n) is 6.38. The third-order valence-corrected chi connectivity index (χ3v) is 4.58. The number of amides is 1. The second-order valence-corrected chi connectivity index (χ2v) is 6.38. The van der Waals surface area contributed by atoms with Gasteiger partial charge in [0.1, 0.15) is 0 Å². The Hall–Kier alpha value is -3.06. The molecule has 0 fully saturated rings. The smallest absolute Gasteiger partial charge is 0.288 e. The summed E-state index contributed by atoms with van der Waals surface area (Å²) in [5.41, 5.74) is 3.50. The van der Waals surface area contributed by atoms with Crippen LogP contribution in [0.2, 0.25) is 0 Å². The number of fused-ring (bicyclic) bond motifs is 1. The third kappa shape index (κ3) is 3.34. The van der Waals surface area contributed by atoms with Gasteiger partial charge in [-0.2, -0.15) is 5.10 Å². The molecule has 7 heteroatoms. The van der Waals surface area contributed by atoms with Crippen molar-refractivity contribution < 1.29 is 4.79 Å². The first kappa shape index (κ1) is 16.4. The predicted octanol–water partition coefficient (Wildman–Crippen LogP) is 1.32. The van der Waals surface area contributed by atoms with Crippen LogP contribution in [0.15, 0.2) is 48.8 Å². The van der Waals surface area contributed by atoms with Gasteiger partial charge in [0.25, 0.3) is 5.91 Å². The molecule has 1 aromatic carbocycles. The number of pyridine rings is 1. The van der Waals surface area contributed by atoms with Gasteiger partial charge in [0.05, 0.1) is 0 Å². The van der Waals surface area contributed by atoms with Gasteiger partial charge in [0, 0.05) is 44.1 Å². The summed E-state index contributed by atoms with van der Waals surface area (Å²) in [6.45, 7) is 1.37. The Labute approximate surface area is 151 Å². The summed E-state index contributed by atoms with van der Waals surface area (Å²) in [6.07, 6.45) is 4.26. The van der Waals surface area contributed by atoms with Crippen LogP contribution >= 0.6 is 0 Å². The van der Waals surface area contributed by atoms with Crippen LogP contribution in [0.5, 0.6) is 0 Å². The van der Waals surface area contributed by atoms with Crippen molar-refractivity contribution >= 4 is 5.91 Å². The van der Waals surface area contributed by atoms with Gasteiger partial charge in [-0.25, -0.2) is 9.67 Å². The van der Waals surface area contributed by atoms with Crippen LogP contribution in [-0.4, -0.2) is 38.2 Å². The van der Waals surface area contributed by atoms with E-state index in [1.165, 1.54) is 15.8 Å². The molecule has 2 N–H and O–H groups in total. The average Bonchev–Trinajstić information content (AvgIpc) is 3.08. The molecule has 1 aliphatic heterocycles. The van der Waals surface area contributed by atoms with Crippen molar-refractivity contribution in [2.45, 2.75) is 19.0 Å². The molecule has 0 bridgehead atoms. The maximum absolute atomic E-state index is 12.5. The minimum absolute atomic E-state index is 0.210. The van der Waals surface area contributed by atoms with Crippen LogP contribution in [0.25, 0.3) is 11.4 Å². The number of aromatic nitrogens is 4. The van der Waals surface area contributed by atoms with Gasteiger partial charge in [-0.05, 0) is 29.7 Å². The molecule has 1 atom stereocenters. The Morgan fingerprint density at radius 2 is 2.00 bits per heavy atom. The third-order valence-electron chi connectivity index (χ3n) is 4.58. The number of nitrogens with zero attached hydrogens (tertiary/aromatic N) is 4. The molecule has 3 heterocycles. The van der Waals surface area contributed by atoms with Crippen molar-refractivity contribution in [3.05, 3.63) is 65.7 Å². The highest BCUT2D eigenvalue weighted by Crippen LogP contribution is 2.16. The fourth-order valence-corrected chi connectivity index (χ4v) is 3.17. The van der Waals surface area contributed by atoms with E-state index in [0.29, 0.717) is 18.2 Å². The topological polar surface area (TPSA) is 84.7 Å². The largest absolute Gasteiger partial charge is 0.348 e. The number of carbonyl (C=O) groups is 1. The Kier molecular flexibility index (Phi) is 4.45. The molecule has 0 radical (unpaired) electrons. The first-order valence-electron chi connectivity index (χ1n) is 8.60. The molecule has 132 valence electrons. The summed E-state index contributed by atoms with van der Waals surface area (Å²) in [6, 6.07) is 12.2. The number of nitrogens with one attached hydrogen (secondary N) is 2. The molecule has 1 amide bonds. The molecule has 2 aromatic heterocycles. The van der Waals surface area contributed by atoms with Gasteiger partial charge >= 0.3 is 0 Å². The molecule has 0 spiro atoms. The van der Waals surface area contributed by atoms with Crippen molar-refractivity contribution in [1.29, 1.82) is 0 Å². The van der Waals surface area contributed by atoms with Gasteiger partial charge < -0.3 is 10.6 Å². The van der Waals surface area contributed by atoms with E-state index in [9.17, 15) is 4.79 Å². The minimum atomic E-state index is -0.221. The van der Waals surface area contributed by atoms with E-state index in [1.807, 2.05) is 12.1 Å². The molecule has 0 saturated carbocycles. The highest BCUT2D eigenvalue weighted by Gasteiger charge is 2.20. The lowest BCUT2D eigenvalue weighted by Gasteiger charge is -2.26. The first-order valence-corrected chi connectivity index (χ1v) is 8.60. The Morgan fingerprint density at radius 1 is 1.23 bits per heavy atom. The van der Waals surface area contributed by atoms with E-state index in [0.717, 1.165) is 18.5 Å². The quantitative estimate of drug-likeness (QED) is 0.743. The zero-order valence-corrected chi connectivity index (χ0v) is 14.5. The average molecular weight is 348 g/mol. The maximum atomic E-state index is 12.5. The fourth-order valence-electron chi connectivity index (χ4n) is 3.17. The van der Waals surface area contributed by atoms with E-state index in [1.54, 1.807) is 19.4 Å². The van der Waals surface area contributed by atoms with Gasteiger partial charge in [-0.1, -0.05) is 24.3 Å². The molecule has 1 aliphatic rings. The molecule has 1 unspecified atom stereocenters. The summed E-state index contributed by atoms with van der Waals surface area (Å²) in [5.74, 6) is 0.596. The van der Waals surface area contributed by atoms with Gasteiger partial charge in [0.15, 0.2) is 5.82 Å². The van der Waals surface area contributed by atoms with E-state index < -0.39 is 0 Å². The Bertz CT molecular complexity index is 921. The molecular formula is C19H20N6O. The standard InChI is InChI=1S/C19H20N6O/c1-25-18(23-17(24-25)13-6-8-20-9-7-13)19(26)22-12-16-10-14-4-2-3-5-15(14)11-21-16/h2-9,16,21H,10-12H2,1H3,(H,22,26). The van der Waals surface area contributed by atoms with E-state index in [4.69, 9.17) is 0 Å². The monoisotopic (exact) mass is 348 g/mol. The van der Waals surface area contributed by atoms with Crippen LogP contribution < -0.4 is 10.6 Å². The summed E-state index contributed by atoms with van der Waals surface area (Å²) in [7, 11) is 1.72. The SMILES string of the molecule is Cn1nc(-c2ccncc2)nc1C(=O)NCC1Cc2ccccc2CN1. The molecule has 0 aliphatic carbocycles. The van der Waals surface area contributed by atoms with Crippen molar-refractivity contribution in [2.24, 2.45) is 7.05 Å². The van der Waals surface area contributed by atoms with Crippen LogP contribution in [0, 0.1) is 0 Å². The van der Waals surface area contributed by atoms with Crippen molar-refractivity contribution in [2.75, 3.05) is 6.54 Å². The zero-order chi connectivity index (χ0) is 17.9. The van der Waals surface area contributed by atoms with Crippen molar-refractivity contribution in [1.82, 2.24) is 30.4 Å². The number of aryl methyl sites for hydroxylation is 1. The van der Waals surface area contributed by atoms with Crippen LogP contribution in [-0.2, 0) is 20.0 Å². The Morgan fingerprint density at radius 3 is 2.81 bits per heavy atom. The van der Waals surface area contributed by atoms with Crippen molar-refractivity contribution in [3.8, 4) is 11.4 Å². The lowest BCUT2D eigenvalue weighted by atomic mass is 9.96. The second kappa shape index (κ2) is 7.05. The molecular weight excluding hydrogens is 328 g/mol. The van der Waals surface area contributed by atoms with Gasteiger partial charge in [0.2, 0.25) is 5.82 Å². The highest BCUT2D eigenvalue weighted by atomic mass is 16.2. The number of rotatable bonds is 4. The molecule has 26 heavy (non-hydrogen) atoms. The fraction of sp³-hybridized carbons (Fsp3) is 0.263. The van der Waals surface area contributed by atoms with E-state index in [-0.39, 0.29) is 11.9 Å². The summed E-state index contributed by atoms with van der Waals surface area (Å²) >= 11 is 0. The molecule has 4 rings (SSSR count). The van der Waals surface area contributed by atoms with Crippen LogP contribution in [0.1, 0.15) is 21.7 Å². The normalized spacial score (nSPS) is 16.1.